The maximum atomic E-state index is 12.2. The molecule has 0 saturated heterocycles. The highest BCUT2D eigenvalue weighted by Crippen LogP contribution is 2.57. The molecule has 0 heterocycles. The minimum atomic E-state index is -6.18. The zero-order valence-electron chi connectivity index (χ0n) is 11.7. The molecule has 2 unspecified atom stereocenters. The average molecular weight is 378 g/mol. The third-order valence-electron chi connectivity index (χ3n) is 4.87. The van der Waals surface area contributed by atoms with Crippen molar-refractivity contribution < 1.29 is 39.3 Å². The highest BCUT2D eigenvalue weighted by molar-refractivity contribution is 8.10. The van der Waals surface area contributed by atoms with E-state index in [4.69, 9.17) is 4.18 Å². The van der Waals surface area contributed by atoms with Gasteiger partial charge in [0.25, 0.3) is 0 Å². The number of aliphatic hydroxyl groups is 1. The van der Waals surface area contributed by atoms with Crippen molar-refractivity contribution in [2.24, 2.45) is 17.8 Å². The van der Waals surface area contributed by atoms with E-state index in [-0.39, 0.29) is 17.8 Å². The van der Waals surface area contributed by atoms with E-state index in [1.165, 1.54) is 0 Å². The fraction of sp³-hybridized carbons (Fsp3) is 1.00. The first-order valence-corrected chi connectivity index (χ1v) is 9.82. The fourth-order valence-electron chi connectivity index (χ4n) is 4.41. The van der Waals surface area contributed by atoms with Gasteiger partial charge in [0.05, 0.1) is 11.7 Å². The molecule has 134 valence electrons. The van der Waals surface area contributed by atoms with Gasteiger partial charge < -0.3 is 9.23 Å². The van der Waals surface area contributed by atoms with Gasteiger partial charge in [-0.25, -0.2) is 16.8 Å². The Morgan fingerprint density at radius 3 is 2.00 bits per heavy atom. The van der Waals surface area contributed by atoms with Crippen molar-refractivity contribution in [3.05, 3.63) is 4.13 Å². The summed E-state index contributed by atoms with van der Waals surface area (Å²) in [7, 11) is -11.4. The molecular formula is C11H15F3NO6S2-. The molecule has 4 aliphatic rings. The molecule has 4 fully saturated rings. The molecule has 12 heteroatoms. The molecule has 0 aliphatic heterocycles. The maximum Gasteiger partial charge on any atom is 0.480 e. The van der Waals surface area contributed by atoms with Gasteiger partial charge in [0.1, 0.15) is 0 Å². The standard InChI is InChI=1S/C11H15F3NO6S2/c12-11(13,14)22(17,18)15-23(19,20)21-9-7-1-6-2-8(9)5-10(16,3-6)4-7/h6-9,16H,1-5H2/q-1. The van der Waals surface area contributed by atoms with Crippen molar-refractivity contribution in [1.29, 1.82) is 0 Å². The Morgan fingerprint density at radius 1 is 1.04 bits per heavy atom. The van der Waals surface area contributed by atoms with Crippen molar-refractivity contribution >= 4 is 20.3 Å². The lowest BCUT2D eigenvalue weighted by Crippen LogP contribution is -2.57. The number of rotatable bonds is 4. The summed E-state index contributed by atoms with van der Waals surface area (Å²) < 4.78 is 88.4. The van der Waals surface area contributed by atoms with Gasteiger partial charge in [-0.1, -0.05) is 0 Å². The van der Waals surface area contributed by atoms with Crippen LogP contribution in [0.1, 0.15) is 32.1 Å². The summed E-state index contributed by atoms with van der Waals surface area (Å²) in [6.45, 7) is 0. The van der Waals surface area contributed by atoms with Crippen molar-refractivity contribution in [1.82, 2.24) is 0 Å². The number of halogens is 3. The molecule has 0 radical (unpaired) electrons. The quantitative estimate of drug-likeness (QED) is 0.792. The average Bonchev–Trinajstić information content (AvgIpc) is 2.28. The summed E-state index contributed by atoms with van der Waals surface area (Å²) in [5.74, 6) is -0.425. The number of sulfonamides is 1. The minimum absolute atomic E-state index is 0.232. The van der Waals surface area contributed by atoms with Gasteiger partial charge in [0.2, 0.25) is 10.3 Å². The van der Waals surface area contributed by atoms with Crippen molar-refractivity contribution in [3.8, 4) is 0 Å². The second-order valence-electron chi connectivity index (χ2n) is 6.68. The van der Waals surface area contributed by atoms with E-state index >= 15 is 0 Å². The largest absolute Gasteiger partial charge is 0.480 e. The Hall–Kier alpha value is -0.430. The van der Waals surface area contributed by atoms with Crippen LogP contribution in [0.2, 0.25) is 0 Å². The summed E-state index contributed by atoms with van der Waals surface area (Å²) in [6, 6.07) is 0. The maximum absolute atomic E-state index is 12.2. The normalized spacial score (nSPS) is 40.5. The van der Waals surface area contributed by atoms with Crippen LogP contribution in [0.25, 0.3) is 4.13 Å². The molecule has 23 heavy (non-hydrogen) atoms. The molecule has 4 saturated carbocycles. The predicted molar refractivity (Wildman–Crippen MR) is 70.6 cm³/mol. The Bertz CT molecular complexity index is 688. The van der Waals surface area contributed by atoms with Crippen molar-refractivity contribution in [3.63, 3.8) is 0 Å². The molecule has 4 aliphatic carbocycles. The van der Waals surface area contributed by atoms with Gasteiger partial charge in [0.15, 0.2) is 10.0 Å². The topological polar surface area (TPSA) is 112 Å². The summed E-state index contributed by atoms with van der Waals surface area (Å²) in [5.41, 5.74) is -6.68. The van der Waals surface area contributed by atoms with E-state index in [0.717, 1.165) is 0 Å². The van der Waals surface area contributed by atoms with Gasteiger partial charge in [-0.05, 0) is 49.9 Å². The number of hydrogen-bond acceptors (Lipinski definition) is 6. The van der Waals surface area contributed by atoms with E-state index in [9.17, 15) is 35.1 Å². The van der Waals surface area contributed by atoms with Gasteiger partial charge in [-0.15, -0.1) is 0 Å². The first-order chi connectivity index (χ1) is 10.3. The molecule has 0 aromatic heterocycles. The minimum Gasteiger partial charge on any atom is -0.404 e. The van der Waals surface area contributed by atoms with Crippen molar-refractivity contribution in [2.75, 3.05) is 0 Å². The van der Waals surface area contributed by atoms with Crippen LogP contribution in [0.15, 0.2) is 0 Å². The number of hydrogen-bond donors (Lipinski definition) is 1. The van der Waals surface area contributed by atoms with E-state index < -0.39 is 37.5 Å². The van der Waals surface area contributed by atoms with E-state index in [1.807, 2.05) is 4.13 Å². The van der Waals surface area contributed by atoms with E-state index in [2.05, 4.69) is 0 Å². The Labute approximate surface area is 131 Å². The molecule has 4 bridgehead atoms. The second-order valence-corrected chi connectivity index (χ2v) is 9.74. The number of nitrogens with zero attached hydrogens (tertiary/aromatic N) is 1. The highest BCUT2D eigenvalue weighted by atomic mass is 32.3. The van der Waals surface area contributed by atoms with Crippen LogP contribution in [0, 0.1) is 17.8 Å². The molecule has 1 N–H and O–H groups in total. The lowest BCUT2D eigenvalue weighted by atomic mass is 9.53. The van der Waals surface area contributed by atoms with Crippen LogP contribution >= 0.6 is 0 Å². The van der Waals surface area contributed by atoms with Crippen LogP contribution in [-0.2, 0) is 24.5 Å². The monoisotopic (exact) mass is 378 g/mol. The zero-order valence-corrected chi connectivity index (χ0v) is 13.4. The van der Waals surface area contributed by atoms with Gasteiger partial charge in [-0.3, -0.25) is 4.18 Å². The third kappa shape index (κ3) is 3.23. The Morgan fingerprint density at radius 2 is 1.57 bits per heavy atom. The molecule has 0 aromatic rings. The van der Waals surface area contributed by atoms with Crippen LogP contribution in [0.5, 0.6) is 0 Å². The van der Waals surface area contributed by atoms with Crippen LogP contribution in [0.4, 0.5) is 13.2 Å². The lowest BCUT2D eigenvalue weighted by Gasteiger charge is -2.57. The smallest absolute Gasteiger partial charge is 0.404 e. The fourth-order valence-corrected chi connectivity index (χ4v) is 6.45. The Kier molecular flexibility index (Phi) is 3.81. The predicted octanol–water partition coefficient (Wildman–Crippen LogP) is 1.41. The zero-order chi connectivity index (χ0) is 17.3. The lowest BCUT2D eigenvalue weighted by molar-refractivity contribution is -0.167. The molecule has 7 nitrogen and oxygen atoms in total. The summed E-state index contributed by atoms with van der Waals surface area (Å²) in [5, 5.41) is 10.3. The van der Waals surface area contributed by atoms with Crippen molar-refractivity contribution in [2.45, 2.75) is 49.3 Å². The van der Waals surface area contributed by atoms with Crippen LogP contribution < -0.4 is 0 Å². The number of alkyl halides is 3. The SMILES string of the molecule is O=S(=O)([N-]S(=O)(=O)C(F)(F)F)OC1C2CC3CC1CC(O)(C3)C2. The highest BCUT2D eigenvalue weighted by Gasteiger charge is 2.56. The molecular weight excluding hydrogens is 363 g/mol. The van der Waals surface area contributed by atoms with Crippen LogP contribution in [0.3, 0.4) is 0 Å². The molecule has 0 amide bonds. The van der Waals surface area contributed by atoms with Crippen LogP contribution in [-0.4, -0.2) is 39.2 Å². The van der Waals surface area contributed by atoms with E-state index in [1.54, 1.807) is 0 Å². The molecule has 0 spiro atoms. The molecule has 4 rings (SSSR count). The second kappa shape index (κ2) is 5.04. The van der Waals surface area contributed by atoms with Gasteiger partial charge >= 0.3 is 5.51 Å². The van der Waals surface area contributed by atoms with E-state index in [0.29, 0.717) is 32.1 Å². The van der Waals surface area contributed by atoms with Gasteiger partial charge in [-0.2, -0.15) is 13.2 Å². The Balaban J connectivity index is 1.75. The summed E-state index contributed by atoms with van der Waals surface area (Å²) in [6.07, 6.45) is 1.49. The first-order valence-electron chi connectivity index (χ1n) is 7.01. The third-order valence-corrected chi connectivity index (χ3v) is 7.43. The first kappa shape index (κ1) is 17.4. The summed E-state index contributed by atoms with van der Waals surface area (Å²) in [4.78, 5) is 0. The van der Waals surface area contributed by atoms with Gasteiger partial charge in [0, 0.05) is 0 Å². The molecule has 2 atom stereocenters. The summed E-state index contributed by atoms with van der Waals surface area (Å²) >= 11 is 0. The molecule has 0 aromatic carbocycles.